The van der Waals surface area contributed by atoms with E-state index in [-0.39, 0.29) is 5.56 Å². The monoisotopic (exact) mass is 257 g/mol. The molecule has 0 bridgehead atoms. The van der Waals surface area contributed by atoms with Crippen LogP contribution in [0.1, 0.15) is 32.4 Å². The number of carboxylic acid groups (broad SMARTS) is 1. The minimum Gasteiger partial charge on any atom is -0.480 e. The molecule has 1 N–H and O–H groups in total. The lowest BCUT2D eigenvalue weighted by atomic mass is 9.98. The third-order valence-corrected chi connectivity index (χ3v) is 3.42. The van der Waals surface area contributed by atoms with Crippen molar-refractivity contribution in [3.8, 4) is 0 Å². The average Bonchev–Trinajstić information content (AvgIpc) is 2.30. The molecule has 5 heteroatoms. The molecule has 1 unspecified atom stereocenters. The zero-order valence-electron chi connectivity index (χ0n) is 10.9. The first kappa shape index (κ1) is 14.6. The van der Waals surface area contributed by atoms with Crippen molar-refractivity contribution in [2.45, 2.75) is 32.4 Å². The van der Waals surface area contributed by atoms with E-state index in [1.807, 2.05) is 0 Å². The Kier molecular flexibility index (Phi) is 4.06. The number of halogens is 2. The van der Waals surface area contributed by atoms with Gasteiger partial charge in [-0.1, -0.05) is 12.1 Å². The van der Waals surface area contributed by atoms with E-state index in [0.29, 0.717) is 0 Å². The van der Waals surface area contributed by atoms with Crippen molar-refractivity contribution in [1.29, 1.82) is 0 Å². The highest BCUT2D eigenvalue weighted by Crippen LogP contribution is 2.28. The SMILES string of the molecule is CC(c1cccc(F)c1F)N(C)C(C)(C)C(=O)O. The summed E-state index contributed by atoms with van der Waals surface area (Å²) in [6, 6.07) is 3.35. The van der Waals surface area contributed by atoms with Crippen LogP contribution in [0.5, 0.6) is 0 Å². The summed E-state index contributed by atoms with van der Waals surface area (Å²) in [5, 5.41) is 9.12. The predicted octanol–water partition coefficient (Wildman–Crippen LogP) is 2.82. The minimum atomic E-state index is -1.17. The van der Waals surface area contributed by atoms with Crippen molar-refractivity contribution < 1.29 is 18.7 Å². The van der Waals surface area contributed by atoms with Gasteiger partial charge >= 0.3 is 5.97 Å². The van der Waals surface area contributed by atoms with Gasteiger partial charge in [0.25, 0.3) is 0 Å². The molecule has 0 amide bonds. The molecular weight excluding hydrogens is 240 g/mol. The van der Waals surface area contributed by atoms with Crippen LogP contribution in [0.4, 0.5) is 8.78 Å². The quantitative estimate of drug-likeness (QED) is 0.901. The molecule has 0 spiro atoms. The first-order valence-corrected chi connectivity index (χ1v) is 5.59. The number of nitrogens with zero attached hydrogens (tertiary/aromatic N) is 1. The Morgan fingerprint density at radius 2 is 1.94 bits per heavy atom. The molecule has 0 saturated carbocycles. The molecule has 0 aromatic heterocycles. The van der Waals surface area contributed by atoms with Gasteiger partial charge in [-0.25, -0.2) is 8.78 Å². The zero-order valence-corrected chi connectivity index (χ0v) is 10.9. The van der Waals surface area contributed by atoms with Gasteiger partial charge in [0.15, 0.2) is 11.6 Å². The fourth-order valence-corrected chi connectivity index (χ4v) is 1.69. The summed E-state index contributed by atoms with van der Waals surface area (Å²) in [4.78, 5) is 12.6. The van der Waals surface area contributed by atoms with Gasteiger partial charge in [-0.15, -0.1) is 0 Å². The van der Waals surface area contributed by atoms with Crippen LogP contribution in [0.15, 0.2) is 18.2 Å². The van der Waals surface area contributed by atoms with Crippen molar-refractivity contribution in [3.05, 3.63) is 35.4 Å². The molecule has 0 saturated heterocycles. The largest absolute Gasteiger partial charge is 0.480 e. The van der Waals surface area contributed by atoms with Crippen molar-refractivity contribution in [2.24, 2.45) is 0 Å². The Bertz CT molecular complexity index is 460. The highest BCUT2D eigenvalue weighted by Gasteiger charge is 2.36. The molecule has 1 aromatic carbocycles. The van der Waals surface area contributed by atoms with E-state index in [0.717, 1.165) is 6.07 Å². The molecule has 100 valence electrons. The number of benzene rings is 1. The number of hydrogen-bond acceptors (Lipinski definition) is 2. The molecule has 0 aliphatic heterocycles. The van der Waals surface area contributed by atoms with Crippen LogP contribution < -0.4 is 0 Å². The van der Waals surface area contributed by atoms with Gasteiger partial charge in [0, 0.05) is 11.6 Å². The third kappa shape index (κ3) is 2.51. The van der Waals surface area contributed by atoms with Crippen LogP contribution in [0.3, 0.4) is 0 Å². The fourth-order valence-electron chi connectivity index (χ4n) is 1.69. The molecule has 1 rings (SSSR count). The van der Waals surface area contributed by atoms with Crippen LogP contribution in [-0.4, -0.2) is 28.6 Å². The van der Waals surface area contributed by atoms with E-state index in [2.05, 4.69) is 0 Å². The van der Waals surface area contributed by atoms with E-state index in [1.165, 1.54) is 30.9 Å². The van der Waals surface area contributed by atoms with E-state index >= 15 is 0 Å². The van der Waals surface area contributed by atoms with Gasteiger partial charge in [-0.3, -0.25) is 9.69 Å². The summed E-state index contributed by atoms with van der Waals surface area (Å²) in [5.41, 5.74) is -1.02. The van der Waals surface area contributed by atoms with Crippen molar-refractivity contribution in [3.63, 3.8) is 0 Å². The number of carbonyl (C=O) groups is 1. The second-order valence-electron chi connectivity index (χ2n) is 4.79. The van der Waals surface area contributed by atoms with E-state index < -0.39 is 29.2 Å². The van der Waals surface area contributed by atoms with Crippen LogP contribution in [-0.2, 0) is 4.79 Å². The molecule has 0 fully saturated rings. The lowest BCUT2D eigenvalue weighted by Crippen LogP contribution is -2.49. The molecule has 0 aliphatic rings. The Morgan fingerprint density at radius 3 is 2.44 bits per heavy atom. The first-order valence-electron chi connectivity index (χ1n) is 5.59. The molecule has 1 atom stereocenters. The maximum Gasteiger partial charge on any atom is 0.323 e. The summed E-state index contributed by atoms with van der Waals surface area (Å²) in [6.07, 6.45) is 0. The van der Waals surface area contributed by atoms with Crippen molar-refractivity contribution in [2.75, 3.05) is 7.05 Å². The van der Waals surface area contributed by atoms with Crippen LogP contribution in [0.2, 0.25) is 0 Å². The standard InChI is InChI=1S/C13H17F2NO2/c1-8(16(4)13(2,3)12(17)18)9-6-5-7-10(14)11(9)15/h5-8H,1-4H3,(H,17,18). The molecule has 18 heavy (non-hydrogen) atoms. The van der Waals surface area contributed by atoms with E-state index in [1.54, 1.807) is 14.0 Å². The lowest BCUT2D eigenvalue weighted by molar-refractivity contribution is -0.149. The summed E-state index contributed by atoms with van der Waals surface area (Å²) < 4.78 is 26.8. The number of rotatable bonds is 4. The maximum absolute atomic E-state index is 13.7. The van der Waals surface area contributed by atoms with Gasteiger partial charge in [0.2, 0.25) is 0 Å². The predicted molar refractivity (Wildman–Crippen MR) is 64.3 cm³/mol. The Labute approximate surface area is 105 Å². The second kappa shape index (κ2) is 5.02. The van der Waals surface area contributed by atoms with Crippen LogP contribution in [0, 0.1) is 11.6 Å². The first-order chi connectivity index (χ1) is 8.19. The van der Waals surface area contributed by atoms with Crippen molar-refractivity contribution in [1.82, 2.24) is 4.90 Å². The third-order valence-electron chi connectivity index (χ3n) is 3.42. The van der Waals surface area contributed by atoms with Gasteiger partial charge < -0.3 is 5.11 Å². The summed E-state index contributed by atoms with van der Waals surface area (Å²) in [6.45, 7) is 4.68. The molecule has 3 nitrogen and oxygen atoms in total. The second-order valence-corrected chi connectivity index (χ2v) is 4.79. The van der Waals surface area contributed by atoms with Gasteiger partial charge in [0.05, 0.1) is 0 Å². The average molecular weight is 257 g/mol. The van der Waals surface area contributed by atoms with Gasteiger partial charge in [0.1, 0.15) is 5.54 Å². The van der Waals surface area contributed by atoms with Gasteiger partial charge in [-0.2, -0.15) is 0 Å². The Hall–Kier alpha value is -1.49. The van der Waals surface area contributed by atoms with E-state index in [4.69, 9.17) is 5.11 Å². The smallest absolute Gasteiger partial charge is 0.323 e. The maximum atomic E-state index is 13.7. The Morgan fingerprint density at radius 1 is 1.39 bits per heavy atom. The summed E-state index contributed by atoms with van der Waals surface area (Å²) >= 11 is 0. The van der Waals surface area contributed by atoms with Crippen molar-refractivity contribution >= 4 is 5.97 Å². The van der Waals surface area contributed by atoms with E-state index in [9.17, 15) is 13.6 Å². The molecule has 1 aromatic rings. The number of carboxylic acids is 1. The molecule has 0 heterocycles. The molecule has 0 radical (unpaired) electrons. The highest BCUT2D eigenvalue weighted by molar-refractivity contribution is 5.77. The number of likely N-dealkylation sites (N-methyl/N-ethyl adjacent to an activating group) is 1. The minimum absolute atomic E-state index is 0.145. The molecule has 0 aliphatic carbocycles. The Balaban J connectivity index is 3.11. The lowest BCUT2D eigenvalue weighted by Gasteiger charge is -2.36. The summed E-state index contributed by atoms with van der Waals surface area (Å²) in [5.74, 6) is -2.88. The topological polar surface area (TPSA) is 40.5 Å². The fraction of sp³-hybridized carbons (Fsp3) is 0.462. The van der Waals surface area contributed by atoms with Crippen LogP contribution >= 0.6 is 0 Å². The molecular formula is C13H17F2NO2. The number of hydrogen-bond donors (Lipinski definition) is 1. The number of aliphatic carboxylic acids is 1. The van der Waals surface area contributed by atoms with Crippen LogP contribution in [0.25, 0.3) is 0 Å². The normalized spacial score (nSPS) is 13.7. The van der Waals surface area contributed by atoms with Gasteiger partial charge in [-0.05, 0) is 33.9 Å². The highest BCUT2D eigenvalue weighted by atomic mass is 19.2. The zero-order chi connectivity index (χ0) is 14.1. The summed E-state index contributed by atoms with van der Waals surface area (Å²) in [7, 11) is 1.57.